The summed E-state index contributed by atoms with van der Waals surface area (Å²) in [5, 5.41) is 0. The predicted molar refractivity (Wildman–Crippen MR) is 50.7 cm³/mol. The molecule has 0 saturated carbocycles. The van der Waals surface area contributed by atoms with Gasteiger partial charge in [-0.1, -0.05) is 6.92 Å². The third-order valence-electron chi connectivity index (χ3n) is 2.33. The van der Waals surface area contributed by atoms with Crippen molar-refractivity contribution in [2.75, 3.05) is 33.9 Å². The minimum atomic E-state index is 0.0927. The summed E-state index contributed by atoms with van der Waals surface area (Å²) in [6.07, 6.45) is 0.958. The van der Waals surface area contributed by atoms with Crippen LogP contribution in [-0.4, -0.2) is 55.7 Å². The molecule has 1 unspecified atom stereocenters. The van der Waals surface area contributed by atoms with Crippen molar-refractivity contribution in [1.29, 1.82) is 0 Å². The fourth-order valence-corrected chi connectivity index (χ4v) is 1.50. The molecule has 1 heterocycles. The van der Waals surface area contributed by atoms with Crippen LogP contribution in [0.3, 0.4) is 0 Å². The van der Waals surface area contributed by atoms with Crippen molar-refractivity contribution in [3.63, 3.8) is 0 Å². The normalized spacial score (nSPS) is 23.0. The zero-order valence-electron chi connectivity index (χ0n) is 8.62. The van der Waals surface area contributed by atoms with Gasteiger partial charge < -0.3 is 14.5 Å². The van der Waals surface area contributed by atoms with Gasteiger partial charge in [-0.25, -0.2) is 4.79 Å². The van der Waals surface area contributed by atoms with Crippen molar-refractivity contribution in [2.24, 2.45) is 0 Å². The van der Waals surface area contributed by atoms with E-state index in [1.807, 2.05) is 4.90 Å². The minimum absolute atomic E-state index is 0.0927. The molecule has 0 N–H and O–H groups in total. The number of carbonyl (C=O) groups is 1. The Labute approximate surface area is 79.4 Å². The Kier molecular flexibility index (Phi) is 3.54. The fourth-order valence-electron chi connectivity index (χ4n) is 1.50. The summed E-state index contributed by atoms with van der Waals surface area (Å²) in [6, 6.07) is 0.346. The van der Waals surface area contributed by atoms with Crippen molar-refractivity contribution in [1.82, 2.24) is 9.80 Å². The Morgan fingerprint density at radius 1 is 1.62 bits per heavy atom. The Morgan fingerprint density at radius 3 is 2.85 bits per heavy atom. The van der Waals surface area contributed by atoms with Crippen LogP contribution in [0.25, 0.3) is 0 Å². The Hall–Kier alpha value is -0.770. The first-order valence-electron chi connectivity index (χ1n) is 4.72. The van der Waals surface area contributed by atoms with Gasteiger partial charge in [-0.3, -0.25) is 0 Å². The van der Waals surface area contributed by atoms with E-state index in [-0.39, 0.29) is 12.1 Å². The van der Waals surface area contributed by atoms with Gasteiger partial charge in [0.1, 0.15) is 0 Å². The Balaban J connectivity index is 2.58. The number of amides is 2. The number of morpholine rings is 1. The van der Waals surface area contributed by atoms with Crippen molar-refractivity contribution in [3.05, 3.63) is 0 Å². The molecule has 4 nitrogen and oxygen atoms in total. The number of urea groups is 1. The molecule has 1 atom stereocenters. The van der Waals surface area contributed by atoms with Crippen molar-refractivity contribution < 1.29 is 9.53 Å². The highest BCUT2D eigenvalue weighted by Crippen LogP contribution is 2.11. The highest BCUT2D eigenvalue weighted by Gasteiger charge is 2.26. The average Bonchev–Trinajstić information content (AvgIpc) is 2.16. The molecule has 0 radical (unpaired) electrons. The van der Waals surface area contributed by atoms with Gasteiger partial charge in [-0.2, -0.15) is 0 Å². The van der Waals surface area contributed by atoms with E-state index in [1.165, 1.54) is 0 Å². The van der Waals surface area contributed by atoms with Crippen molar-refractivity contribution >= 4 is 6.03 Å². The molecular formula is C9H18N2O2. The van der Waals surface area contributed by atoms with Gasteiger partial charge in [0.15, 0.2) is 0 Å². The number of hydrogen-bond acceptors (Lipinski definition) is 2. The second-order valence-corrected chi connectivity index (χ2v) is 3.51. The Morgan fingerprint density at radius 2 is 2.31 bits per heavy atom. The molecular weight excluding hydrogens is 168 g/mol. The average molecular weight is 186 g/mol. The molecule has 4 heteroatoms. The van der Waals surface area contributed by atoms with E-state index in [0.717, 1.165) is 13.0 Å². The van der Waals surface area contributed by atoms with E-state index in [4.69, 9.17) is 4.74 Å². The monoisotopic (exact) mass is 186 g/mol. The molecule has 0 aliphatic carbocycles. The summed E-state index contributed by atoms with van der Waals surface area (Å²) in [7, 11) is 3.56. The molecule has 0 aromatic carbocycles. The molecule has 76 valence electrons. The maximum atomic E-state index is 11.7. The summed E-state index contributed by atoms with van der Waals surface area (Å²) in [4.78, 5) is 15.2. The van der Waals surface area contributed by atoms with E-state index in [9.17, 15) is 4.79 Å². The molecule has 13 heavy (non-hydrogen) atoms. The first kappa shape index (κ1) is 10.3. The van der Waals surface area contributed by atoms with Gasteiger partial charge in [-0.15, -0.1) is 0 Å². The maximum absolute atomic E-state index is 11.7. The number of hydrogen-bond donors (Lipinski definition) is 0. The molecule has 1 rings (SSSR count). The predicted octanol–water partition coefficient (Wildman–Crippen LogP) is 0.779. The molecule has 0 bridgehead atoms. The SMILES string of the molecule is CCC1COCCN1C(=O)N(C)C. The minimum Gasteiger partial charge on any atom is -0.377 e. The summed E-state index contributed by atoms with van der Waals surface area (Å²) in [5.41, 5.74) is 0. The van der Waals surface area contributed by atoms with Crippen LogP contribution in [0.15, 0.2) is 0 Å². The van der Waals surface area contributed by atoms with Gasteiger partial charge >= 0.3 is 6.03 Å². The number of rotatable bonds is 1. The molecule has 1 saturated heterocycles. The van der Waals surface area contributed by atoms with Crippen LogP contribution < -0.4 is 0 Å². The lowest BCUT2D eigenvalue weighted by Crippen LogP contribution is -2.51. The van der Waals surface area contributed by atoms with Crippen LogP contribution in [0.1, 0.15) is 13.3 Å². The molecule has 1 aliphatic heterocycles. The van der Waals surface area contributed by atoms with Gasteiger partial charge in [0.05, 0.1) is 19.3 Å². The summed E-state index contributed by atoms with van der Waals surface area (Å²) < 4.78 is 5.32. The van der Waals surface area contributed by atoms with Gasteiger partial charge in [0, 0.05) is 20.6 Å². The second-order valence-electron chi connectivity index (χ2n) is 3.51. The topological polar surface area (TPSA) is 32.8 Å². The third-order valence-corrected chi connectivity index (χ3v) is 2.33. The quantitative estimate of drug-likeness (QED) is 0.606. The highest BCUT2D eigenvalue weighted by atomic mass is 16.5. The molecule has 1 fully saturated rings. The molecule has 1 aliphatic rings. The van der Waals surface area contributed by atoms with Gasteiger partial charge in [0.2, 0.25) is 0 Å². The van der Waals surface area contributed by atoms with Crippen LogP contribution in [0.5, 0.6) is 0 Å². The van der Waals surface area contributed by atoms with E-state index in [0.29, 0.717) is 13.2 Å². The molecule has 0 aromatic heterocycles. The first-order chi connectivity index (χ1) is 6.16. The first-order valence-corrected chi connectivity index (χ1v) is 4.72. The molecule has 0 spiro atoms. The zero-order chi connectivity index (χ0) is 9.84. The van der Waals surface area contributed by atoms with Crippen LogP contribution >= 0.6 is 0 Å². The van der Waals surface area contributed by atoms with E-state index >= 15 is 0 Å². The summed E-state index contributed by atoms with van der Waals surface area (Å²) >= 11 is 0. The van der Waals surface area contributed by atoms with Gasteiger partial charge in [0.25, 0.3) is 0 Å². The van der Waals surface area contributed by atoms with Crippen LogP contribution in [0, 0.1) is 0 Å². The highest BCUT2D eigenvalue weighted by molar-refractivity contribution is 5.74. The summed E-state index contributed by atoms with van der Waals surface area (Å²) in [6.45, 7) is 4.14. The van der Waals surface area contributed by atoms with Crippen molar-refractivity contribution in [3.8, 4) is 0 Å². The Bertz CT molecular complexity index is 182. The summed E-state index contributed by atoms with van der Waals surface area (Å²) in [5.74, 6) is 0. The zero-order valence-corrected chi connectivity index (χ0v) is 8.62. The number of carbonyl (C=O) groups excluding carboxylic acids is 1. The van der Waals surface area contributed by atoms with Crippen LogP contribution in [-0.2, 0) is 4.74 Å². The largest absolute Gasteiger partial charge is 0.377 e. The fraction of sp³-hybridized carbons (Fsp3) is 0.889. The number of ether oxygens (including phenoxy) is 1. The van der Waals surface area contributed by atoms with E-state index in [1.54, 1.807) is 19.0 Å². The lowest BCUT2D eigenvalue weighted by Gasteiger charge is -2.36. The maximum Gasteiger partial charge on any atom is 0.319 e. The van der Waals surface area contributed by atoms with Crippen LogP contribution in [0.2, 0.25) is 0 Å². The van der Waals surface area contributed by atoms with Gasteiger partial charge in [-0.05, 0) is 6.42 Å². The lowest BCUT2D eigenvalue weighted by atomic mass is 10.2. The third kappa shape index (κ3) is 2.34. The smallest absolute Gasteiger partial charge is 0.319 e. The number of nitrogens with zero attached hydrogens (tertiary/aromatic N) is 2. The van der Waals surface area contributed by atoms with Crippen molar-refractivity contribution in [2.45, 2.75) is 19.4 Å². The standard InChI is InChI=1S/C9H18N2O2/c1-4-8-7-13-6-5-11(8)9(12)10(2)3/h8H,4-7H2,1-3H3. The lowest BCUT2D eigenvalue weighted by molar-refractivity contribution is 0.00575. The second kappa shape index (κ2) is 4.46. The van der Waals surface area contributed by atoms with Crippen LogP contribution in [0.4, 0.5) is 4.79 Å². The molecule has 2 amide bonds. The van der Waals surface area contributed by atoms with E-state index in [2.05, 4.69) is 6.92 Å². The van der Waals surface area contributed by atoms with E-state index < -0.39 is 0 Å². The molecule has 0 aromatic rings.